The Balaban J connectivity index is 1.04. The van der Waals surface area contributed by atoms with Crippen LogP contribution in [0.5, 0.6) is 0 Å². The molecule has 2 aromatic heterocycles. The van der Waals surface area contributed by atoms with Crippen LogP contribution in [0.15, 0.2) is 188 Å². The Morgan fingerprint density at radius 1 is 0.385 bits per heavy atom. The quantitative estimate of drug-likeness (QED) is 0.145. The molecule has 1 aliphatic carbocycles. The van der Waals surface area contributed by atoms with Crippen LogP contribution in [0.4, 0.5) is 0 Å². The molecule has 0 saturated heterocycles. The van der Waals surface area contributed by atoms with Gasteiger partial charge in [0.2, 0.25) is 0 Å². The summed E-state index contributed by atoms with van der Waals surface area (Å²) >= 11 is 3.73. The van der Waals surface area contributed by atoms with Crippen LogP contribution in [-0.4, -0.2) is 0 Å². The third kappa shape index (κ3) is 5.25. The Hall–Kier alpha value is -5.54. The molecule has 2 heteroatoms. The third-order valence-electron chi connectivity index (χ3n) is 11.3. The molecule has 3 unspecified atom stereocenters. The highest BCUT2D eigenvalue weighted by Gasteiger charge is 2.63. The molecule has 0 bridgehead atoms. The normalized spacial score (nSPS) is 18.2. The molecular weight excluding hydrogens is 665 g/mol. The fourth-order valence-electron chi connectivity index (χ4n) is 8.60. The van der Waals surface area contributed by atoms with Crippen molar-refractivity contribution in [3.05, 3.63) is 205 Å². The molecule has 7 aromatic carbocycles. The lowest BCUT2D eigenvalue weighted by atomic mass is 9.88. The van der Waals surface area contributed by atoms with Gasteiger partial charge in [-0.25, -0.2) is 0 Å². The maximum absolute atomic E-state index is 2.50. The molecule has 9 aromatic rings. The van der Waals surface area contributed by atoms with Crippen molar-refractivity contribution in [3.8, 4) is 41.8 Å². The Kier molecular flexibility index (Phi) is 7.56. The summed E-state index contributed by atoms with van der Waals surface area (Å²) in [6.07, 6.45) is 0. The highest BCUT2D eigenvalue weighted by atomic mass is 32.1. The minimum atomic E-state index is -0.0562. The van der Waals surface area contributed by atoms with Crippen LogP contribution >= 0.6 is 22.7 Å². The lowest BCUT2D eigenvalue weighted by Gasteiger charge is -2.16. The second-order valence-corrected chi connectivity index (χ2v) is 16.4. The monoisotopic (exact) mass is 700 g/mol. The van der Waals surface area contributed by atoms with Crippen LogP contribution in [0.1, 0.15) is 35.4 Å². The maximum atomic E-state index is 2.50. The number of hydrogen-bond donors (Lipinski definition) is 0. The summed E-state index contributed by atoms with van der Waals surface area (Å²) < 4.78 is 0. The van der Waals surface area contributed by atoms with Gasteiger partial charge in [0.05, 0.1) is 0 Å². The molecule has 0 radical (unpaired) electrons. The van der Waals surface area contributed by atoms with E-state index < -0.39 is 0 Å². The first-order chi connectivity index (χ1) is 25.6. The lowest BCUT2D eigenvalue weighted by Crippen LogP contribution is -2.06. The van der Waals surface area contributed by atoms with Gasteiger partial charge in [-0.2, -0.15) is 0 Å². The largest absolute Gasteiger partial charge is 0.135 e. The summed E-state index contributed by atoms with van der Waals surface area (Å²) in [5.41, 5.74) is 9.31. The van der Waals surface area contributed by atoms with Gasteiger partial charge in [0.1, 0.15) is 0 Å². The van der Waals surface area contributed by atoms with Crippen LogP contribution in [0, 0.1) is 0 Å². The average Bonchev–Trinajstić information content (AvgIpc) is 3.58. The van der Waals surface area contributed by atoms with Crippen molar-refractivity contribution in [3.63, 3.8) is 0 Å². The Morgan fingerprint density at radius 3 is 1.38 bits per heavy atom. The molecular formula is C50H36S2. The van der Waals surface area contributed by atoms with Crippen LogP contribution in [-0.2, 0) is 5.41 Å². The smallest absolute Gasteiger partial charge is 0.0349 e. The first-order valence-electron chi connectivity index (χ1n) is 18.1. The van der Waals surface area contributed by atoms with Crippen LogP contribution in [0.25, 0.3) is 63.3 Å². The van der Waals surface area contributed by atoms with Crippen molar-refractivity contribution in [2.45, 2.75) is 24.2 Å². The number of fused-ring (bicyclic) bond motifs is 3. The standard InChI is InChI=1S/C50H36S2/c1-50(39-26-24-36(25-27-39)47-31-29-45(52-47)34-14-6-3-7-15-34)48(49(50)43-32-38-16-8-9-17-40(38)41-18-10-11-19-42(41)43)37-22-20-35(21-23-37)46-30-28-44(51-46)33-12-4-2-5-13-33/h2-32,48-49H,1H3. The highest BCUT2D eigenvalue weighted by molar-refractivity contribution is 7.19. The molecule has 10 rings (SSSR count). The molecule has 1 aliphatic rings. The first kappa shape index (κ1) is 31.2. The average molecular weight is 701 g/mol. The van der Waals surface area contributed by atoms with Gasteiger partial charge in [0, 0.05) is 36.8 Å². The molecule has 2 heterocycles. The van der Waals surface area contributed by atoms with Gasteiger partial charge in [0.15, 0.2) is 0 Å². The van der Waals surface area contributed by atoms with Crippen LogP contribution in [0.2, 0.25) is 0 Å². The maximum Gasteiger partial charge on any atom is 0.0349 e. The zero-order valence-corrected chi connectivity index (χ0v) is 30.5. The molecule has 248 valence electrons. The topological polar surface area (TPSA) is 0 Å². The van der Waals surface area contributed by atoms with E-state index in [0.717, 1.165) is 0 Å². The van der Waals surface area contributed by atoms with E-state index in [0.29, 0.717) is 11.8 Å². The van der Waals surface area contributed by atoms with Gasteiger partial charge < -0.3 is 0 Å². The van der Waals surface area contributed by atoms with Crippen molar-refractivity contribution in [2.24, 2.45) is 0 Å². The van der Waals surface area contributed by atoms with Crippen LogP contribution < -0.4 is 0 Å². The summed E-state index contributed by atoms with van der Waals surface area (Å²) in [6.45, 7) is 2.50. The molecule has 0 N–H and O–H groups in total. The zero-order chi connectivity index (χ0) is 34.6. The van der Waals surface area contributed by atoms with Gasteiger partial charge in [0.25, 0.3) is 0 Å². The van der Waals surface area contributed by atoms with E-state index in [2.05, 4.69) is 195 Å². The summed E-state index contributed by atoms with van der Waals surface area (Å²) in [5.74, 6) is 0.697. The highest BCUT2D eigenvalue weighted by Crippen LogP contribution is 2.71. The van der Waals surface area contributed by atoms with Gasteiger partial charge in [-0.3, -0.25) is 0 Å². The summed E-state index contributed by atoms with van der Waals surface area (Å²) in [7, 11) is 0. The molecule has 0 spiro atoms. The van der Waals surface area contributed by atoms with Gasteiger partial charge in [-0.1, -0.05) is 171 Å². The molecule has 1 saturated carbocycles. The Morgan fingerprint density at radius 2 is 0.827 bits per heavy atom. The van der Waals surface area contributed by atoms with Gasteiger partial charge in [-0.05, 0) is 84.8 Å². The first-order valence-corrected chi connectivity index (χ1v) is 19.7. The number of thiophene rings is 2. The summed E-state index contributed by atoms with van der Waals surface area (Å²) in [6, 6.07) is 69.8. The zero-order valence-electron chi connectivity index (χ0n) is 28.9. The fraction of sp³-hybridized carbons (Fsp3) is 0.0800. The lowest BCUT2D eigenvalue weighted by molar-refractivity contribution is 0.729. The van der Waals surface area contributed by atoms with Gasteiger partial charge in [-0.15, -0.1) is 22.7 Å². The summed E-state index contributed by atoms with van der Waals surface area (Å²) in [5, 5.41) is 5.35. The molecule has 52 heavy (non-hydrogen) atoms. The van der Waals surface area contributed by atoms with Crippen molar-refractivity contribution < 1.29 is 0 Å². The van der Waals surface area contributed by atoms with E-state index in [-0.39, 0.29) is 5.41 Å². The predicted molar refractivity (Wildman–Crippen MR) is 225 cm³/mol. The Labute approximate surface area is 313 Å². The molecule has 0 aliphatic heterocycles. The van der Waals surface area contributed by atoms with E-state index in [1.54, 1.807) is 0 Å². The van der Waals surface area contributed by atoms with E-state index in [4.69, 9.17) is 0 Å². The molecule has 3 atom stereocenters. The molecule has 0 nitrogen and oxygen atoms in total. The Bertz CT molecular complexity index is 2680. The van der Waals surface area contributed by atoms with E-state index in [1.165, 1.54) is 80.0 Å². The minimum absolute atomic E-state index is 0.0562. The molecule has 0 amide bonds. The fourth-order valence-corrected chi connectivity index (χ4v) is 10.6. The van der Waals surface area contributed by atoms with Crippen molar-refractivity contribution in [2.75, 3.05) is 0 Å². The van der Waals surface area contributed by atoms with Crippen LogP contribution in [0.3, 0.4) is 0 Å². The minimum Gasteiger partial charge on any atom is -0.135 e. The molecule has 1 fully saturated rings. The summed E-state index contributed by atoms with van der Waals surface area (Å²) in [4.78, 5) is 5.22. The second kappa shape index (κ2) is 12.6. The number of benzene rings is 7. The second-order valence-electron chi connectivity index (χ2n) is 14.2. The predicted octanol–water partition coefficient (Wildman–Crippen LogP) is 14.6. The third-order valence-corrected chi connectivity index (χ3v) is 13.7. The van der Waals surface area contributed by atoms with E-state index in [9.17, 15) is 0 Å². The van der Waals surface area contributed by atoms with E-state index in [1.807, 2.05) is 22.7 Å². The van der Waals surface area contributed by atoms with Crippen molar-refractivity contribution in [1.29, 1.82) is 0 Å². The van der Waals surface area contributed by atoms with Crippen molar-refractivity contribution >= 4 is 44.2 Å². The SMILES string of the molecule is CC1(c2ccc(-c3ccc(-c4ccccc4)s3)cc2)C(c2ccc(-c3ccc(-c4ccccc4)s3)cc2)C1c1cc2ccccc2c2ccccc12. The van der Waals surface area contributed by atoms with E-state index >= 15 is 0 Å². The number of hydrogen-bond acceptors (Lipinski definition) is 2. The van der Waals surface area contributed by atoms with Crippen molar-refractivity contribution in [1.82, 2.24) is 0 Å². The number of rotatable bonds is 7. The van der Waals surface area contributed by atoms with Gasteiger partial charge >= 0.3 is 0 Å².